The molecule has 0 aromatic heterocycles. The normalized spacial score (nSPS) is 39.5. The van der Waals surface area contributed by atoms with Gasteiger partial charge in [-0.05, 0) is 25.7 Å². The van der Waals surface area contributed by atoms with E-state index < -0.39 is 5.60 Å². The van der Waals surface area contributed by atoms with E-state index in [1.165, 1.54) is 0 Å². The summed E-state index contributed by atoms with van der Waals surface area (Å²) in [5, 5.41) is 0. The van der Waals surface area contributed by atoms with Gasteiger partial charge in [0.15, 0.2) is 17.7 Å². The molecular weight excluding hydrogens is 208 g/mol. The first kappa shape index (κ1) is 10.7. The maximum absolute atomic E-state index is 11.8. The van der Waals surface area contributed by atoms with E-state index in [-0.39, 0.29) is 12.4 Å². The summed E-state index contributed by atoms with van der Waals surface area (Å²) in [7, 11) is 0. The maximum Gasteiger partial charge on any atom is 0.167 e. The van der Waals surface area contributed by atoms with E-state index in [0.29, 0.717) is 12.2 Å². The van der Waals surface area contributed by atoms with Crippen LogP contribution in [0.15, 0.2) is 0 Å². The average Bonchev–Trinajstić information content (AvgIpc) is 3.05. The molecule has 0 aromatic rings. The Morgan fingerprint density at radius 2 is 2.06 bits per heavy atom. The molecule has 3 rings (SSSR count). The molecule has 0 N–H and O–H groups in total. The van der Waals surface area contributed by atoms with Gasteiger partial charge in [-0.3, -0.25) is 4.79 Å². The summed E-state index contributed by atoms with van der Waals surface area (Å²) < 4.78 is 16.6. The second-order valence-electron chi connectivity index (χ2n) is 4.87. The van der Waals surface area contributed by atoms with Crippen molar-refractivity contribution in [1.82, 2.24) is 0 Å². The van der Waals surface area contributed by atoms with Crippen LogP contribution in [0.4, 0.5) is 0 Å². The summed E-state index contributed by atoms with van der Waals surface area (Å²) in [6.07, 6.45) is 5.30. The standard InChI is InChI=1S/C12H18O4/c13-9-3-1-4-10-12(9,16-10)6-5-11-14-7-2-8-15-11/h10-11H,1-8H2. The van der Waals surface area contributed by atoms with Crippen molar-refractivity contribution < 1.29 is 19.0 Å². The highest BCUT2D eigenvalue weighted by atomic mass is 16.7. The van der Waals surface area contributed by atoms with Gasteiger partial charge in [0, 0.05) is 12.8 Å². The highest BCUT2D eigenvalue weighted by Crippen LogP contribution is 2.48. The smallest absolute Gasteiger partial charge is 0.167 e. The van der Waals surface area contributed by atoms with Crippen LogP contribution in [0, 0.1) is 0 Å². The molecule has 0 bridgehead atoms. The largest absolute Gasteiger partial charge is 0.358 e. The van der Waals surface area contributed by atoms with Gasteiger partial charge in [0.05, 0.1) is 19.3 Å². The van der Waals surface area contributed by atoms with Crippen molar-refractivity contribution in [2.45, 2.75) is 56.5 Å². The third-order valence-electron chi connectivity index (χ3n) is 3.81. The average molecular weight is 226 g/mol. The number of rotatable bonds is 3. The first-order valence-corrected chi connectivity index (χ1v) is 6.25. The summed E-state index contributed by atoms with van der Waals surface area (Å²) in [4.78, 5) is 11.8. The van der Waals surface area contributed by atoms with Gasteiger partial charge in [0.2, 0.25) is 0 Å². The van der Waals surface area contributed by atoms with Gasteiger partial charge in [-0.1, -0.05) is 0 Å². The molecule has 4 heteroatoms. The van der Waals surface area contributed by atoms with Crippen molar-refractivity contribution in [3.8, 4) is 0 Å². The fraction of sp³-hybridized carbons (Fsp3) is 0.917. The van der Waals surface area contributed by atoms with Gasteiger partial charge in [-0.25, -0.2) is 0 Å². The minimum absolute atomic E-state index is 0.122. The van der Waals surface area contributed by atoms with Crippen molar-refractivity contribution in [2.75, 3.05) is 13.2 Å². The lowest BCUT2D eigenvalue weighted by Crippen LogP contribution is -2.33. The Bertz CT molecular complexity index is 285. The zero-order chi connectivity index (χ0) is 11.0. The molecule has 0 spiro atoms. The van der Waals surface area contributed by atoms with Crippen molar-refractivity contribution in [1.29, 1.82) is 0 Å². The lowest BCUT2D eigenvalue weighted by atomic mass is 9.84. The topological polar surface area (TPSA) is 48.1 Å². The number of hydrogen-bond acceptors (Lipinski definition) is 4. The lowest BCUT2D eigenvalue weighted by molar-refractivity contribution is -0.183. The number of ketones is 1. The third-order valence-corrected chi connectivity index (χ3v) is 3.81. The van der Waals surface area contributed by atoms with E-state index in [1.54, 1.807) is 0 Å². The highest BCUT2D eigenvalue weighted by molar-refractivity contribution is 5.91. The van der Waals surface area contributed by atoms with Gasteiger partial charge < -0.3 is 14.2 Å². The molecule has 2 saturated heterocycles. The van der Waals surface area contributed by atoms with Crippen LogP contribution in [0.3, 0.4) is 0 Å². The Balaban J connectivity index is 1.53. The molecule has 2 aliphatic heterocycles. The summed E-state index contributed by atoms with van der Waals surface area (Å²) in [5.41, 5.74) is -0.442. The Hall–Kier alpha value is -0.450. The molecule has 16 heavy (non-hydrogen) atoms. The second kappa shape index (κ2) is 4.09. The molecule has 90 valence electrons. The molecule has 0 radical (unpaired) electrons. The number of ether oxygens (including phenoxy) is 3. The molecule has 2 atom stereocenters. The number of epoxide rings is 1. The molecule has 4 nitrogen and oxygen atoms in total. The molecular formula is C12H18O4. The van der Waals surface area contributed by atoms with E-state index in [4.69, 9.17) is 14.2 Å². The quantitative estimate of drug-likeness (QED) is 0.683. The van der Waals surface area contributed by atoms with Crippen LogP contribution in [-0.2, 0) is 19.0 Å². The zero-order valence-electron chi connectivity index (χ0n) is 9.44. The number of carbonyl (C=O) groups excluding carboxylic acids is 1. The molecule has 0 aromatic carbocycles. The predicted molar refractivity (Wildman–Crippen MR) is 56.0 cm³/mol. The first-order chi connectivity index (χ1) is 7.81. The summed E-state index contributed by atoms with van der Waals surface area (Å²) in [6.45, 7) is 1.55. The molecule has 2 unspecified atom stereocenters. The molecule has 0 amide bonds. The van der Waals surface area contributed by atoms with E-state index in [1.807, 2.05) is 0 Å². The van der Waals surface area contributed by atoms with Crippen molar-refractivity contribution in [3.63, 3.8) is 0 Å². The van der Waals surface area contributed by atoms with Crippen LogP contribution < -0.4 is 0 Å². The Morgan fingerprint density at radius 3 is 2.81 bits per heavy atom. The van der Waals surface area contributed by atoms with Crippen molar-refractivity contribution in [3.05, 3.63) is 0 Å². The van der Waals surface area contributed by atoms with Crippen LogP contribution in [-0.4, -0.2) is 37.0 Å². The lowest BCUT2D eigenvalue weighted by Gasteiger charge is -2.24. The monoisotopic (exact) mass is 226 g/mol. The van der Waals surface area contributed by atoms with Crippen LogP contribution >= 0.6 is 0 Å². The SMILES string of the molecule is O=C1CCCC2OC12CCC1OCCCO1. The van der Waals surface area contributed by atoms with Gasteiger partial charge in [-0.15, -0.1) is 0 Å². The van der Waals surface area contributed by atoms with Crippen molar-refractivity contribution in [2.24, 2.45) is 0 Å². The number of carbonyl (C=O) groups is 1. The van der Waals surface area contributed by atoms with Gasteiger partial charge >= 0.3 is 0 Å². The summed E-state index contributed by atoms with van der Waals surface area (Å²) in [5.74, 6) is 0.291. The summed E-state index contributed by atoms with van der Waals surface area (Å²) in [6, 6.07) is 0. The zero-order valence-corrected chi connectivity index (χ0v) is 9.44. The van der Waals surface area contributed by atoms with E-state index in [0.717, 1.165) is 45.3 Å². The van der Waals surface area contributed by atoms with Gasteiger partial charge in [0.1, 0.15) is 0 Å². The fourth-order valence-electron chi connectivity index (χ4n) is 2.81. The number of Topliss-reactive ketones (excluding diaryl/α,β-unsaturated/α-hetero) is 1. The van der Waals surface area contributed by atoms with E-state index >= 15 is 0 Å². The molecule has 1 saturated carbocycles. The molecule has 3 fully saturated rings. The van der Waals surface area contributed by atoms with Gasteiger partial charge in [0.25, 0.3) is 0 Å². The Labute approximate surface area is 95.2 Å². The van der Waals surface area contributed by atoms with Crippen LogP contribution in [0.2, 0.25) is 0 Å². The predicted octanol–water partition coefficient (Wildman–Crippen LogP) is 1.42. The second-order valence-corrected chi connectivity index (χ2v) is 4.87. The third kappa shape index (κ3) is 1.79. The molecule has 1 aliphatic carbocycles. The first-order valence-electron chi connectivity index (χ1n) is 6.25. The van der Waals surface area contributed by atoms with E-state index in [2.05, 4.69) is 0 Å². The number of fused-ring (bicyclic) bond motifs is 1. The fourth-order valence-corrected chi connectivity index (χ4v) is 2.81. The molecule has 3 aliphatic rings. The Morgan fingerprint density at radius 1 is 1.25 bits per heavy atom. The van der Waals surface area contributed by atoms with Crippen LogP contribution in [0.25, 0.3) is 0 Å². The van der Waals surface area contributed by atoms with Crippen molar-refractivity contribution >= 4 is 5.78 Å². The Kier molecular flexibility index (Phi) is 2.73. The van der Waals surface area contributed by atoms with Crippen LogP contribution in [0.1, 0.15) is 38.5 Å². The van der Waals surface area contributed by atoms with E-state index in [9.17, 15) is 4.79 Å². The van der Waals surface area contributed by atoms with Crippen LogP contribution in [0.5, 0.6) is 0 Å². The summed E-state index contributed by atoms with van der Waals surface area (Å²) >= 11 is 0. The highest BCUT2D eigenvalue weighted by Gasteiger charge is 2.62. The minimum atomic E-state index is -0.442. The molecule has 2 heterocycles. The minimum Gasteiger partial charge on any atom is -0.358 e. The number of hydrogen-bond donors (Lipinski definition) is 0. The van der Waals surface area contributed by atoms with Gasteiger partial charge in [-0.2, -0.15) is 0 Å². The maximum atomic E-state index is 11.8.